The lowest BCUT2D eigenvalue weighted by Gasteiger charge is -2.15. The zero-order valence-electron chi connectivity index (χ0n) is 9.08. The van der Waals surface area contributed by atoms with E-state index >= 15 is 0 Å². The minimum absolute atomic E-state index is 0.0300. The van der Waals surface area contributed by atoms with E-state index in [1.807, 2.05) is 0 Å². The molecule has 0 atom stereocenters. The van der Waals surface area contributed by atoms with Gasteiger partial charge in [-0.15, -0.1) is 6.42 Å². The quantitative estimate of drug-likeness (QED) is 0.728. The van der Waals surface area contributed by atoms with Gasteiger partial charge < -0.3 is 4.90 Å². The van der Waals surface area contributed by atoms with Crippen molar-refractivity contribution < 1.29 is 18.0 Å². The van der Waals surface area contributed by atoms with Gasteiger partial charge >= 0.3 is 6.18 Å². The van der Waals surface area contributed by atoms with Gasteiger partial charge in [0.25, 0.3) is 5.91 Å². The van der Waals surface area contributed by atoms with Crippen molar-refractivity contribution in [3.05, 3.63) is 35.4 Å². The second-order valence-electron chi connectivity index (χ2n) is 3.44. The first kappa shape index (κ1) is 13.1. The van der Waals surface area contributed by atoms with Crippen molar-refractivity contribution in [1.82, 2.24) is 4.90 Å². The van der Waals surface area contributed by atoms with Crippen LogP contribution in [0.3, 0.4) is 0 Å². The van der Waals surface area contributed by atoms with Crippen LogP contribution in [-0.4, -0.2) is 24.4 Å². The average molecular weight is 241 g/mol. The first-order valence-corrected chi connectivity index (χ1v) is 4.72. The van der Waals surface area contributed by atoms with E-state index in [0.717, 1.165) is 12.1 Å². The number of nitrogens with zero attached hydrogens (tertiary/aromatic N) is 1. The first-order valence-electron chi connectivity index (χ1n) is 4.72. The Bertz CT molecular complexity index is 460. The molecule has 0 N–H and O–H groups in total. The number of terminal acetylenes is 1. The molecule has 0 aliphatic rings. The van der Waals surface area contributed by atoms with Crippen molar-refractivity contribution in [2.24, 2.45) is 0 Å². The topological polar surface area (TPSA) is 20.3 Å². The molecular weight excluding hydrogens is 231 g/mol. The molecule has 90 valence electrons. The Morgan fingerprint density at radius 3 is 2.65 bits per heavy atom. The summed E-state index contributed by atoms with van der Waals surface area (Å²) in [5.74, 6) is 1.71. The second-order valence-corrected chi connectivity index (χ2v) is 3.44. The number of carbonyl (C=O) groups is 1. The largest absolute Gasteiger partial charge is 0.416 e. The molecule has 2 nitrogen and oxygen atoms in total. The molecule has 0 saturated heterocycles. The third-order valence-corrected chi connectivity index (χ3v) is 2.11. The summed E-state index contributed by atoms with van der Waals surface area (Å²) in [6.07, 6.45) is 0.563. The molecule has 1 aromatic carbocycles. The van der Waals surface area contributed by atoms with Crippen molar-refractivity contribution in [2.75, 3.05) is 13.6 Å². The molecule has 5 heteroatoms. The van der Waals surface area contributed by atoms with Gasteiger partial charge in [0.1, 0.15) is 0 Å². The van der Waals surface area contributed by atoms with Gasteiger partial charge in [-0.25, -0.2) is 0 Å². The Balaban J connectivity index is 3.01. The van der Waals surface area contributed by atoms with Gasteiger partial charge in [0.2, 0.25) is 0 Å². The van der Waals surface area contributed by atoms with Gasteiger partial charge in [0, 0.05) is 12.6 Å². The molecule has 0 saturated carbocycles. The Hall–Kier alpha value is -1.96. The molecule has 0 aliphatic carbocycles. The molecule has 0 unspecified atom stereocenters. The fourth-order valence-corrected chi connectivity index (χ4v) is 1.26. The van der Waals surface area contributed by atoms with Gasteiger partial charge in [-0.05, 0) is 18.2 Å². The molecular formula is C12H10F3NO. The molecule has 1 amide bonds. The number of hydrogen-bond acceptors (Lipinski definition) is 1. The van der Waals surface area contributed by atoms with E-state index in [9.17, 15) is 18.0 Å². The number of hydrogen-bond donors (Lipinski definition) is 0. The summed E-state index contributed by atoms with van der Waals surface area (Å²) < 4.78 is 37.3. The maximum Gasteiger partial charge on any atom is 0.416 e. The van der Waals surface area contributed by atoms with Crippen LogP contribution in [0.1, 0.15) is 15.9 Å². The van der Waals surface area contributed by atoms with E-state index in [2.05, 4.69) is 5.92 Å². The standard InChI is InChI=1S/C12H10F3NO/c1-3-7-16(2)11(17)9-5-4-6-10(8-9)12(13,14)15/h1,4-6,8H,7H2,2H3. The first-order chi connectivity index (χ1) is 7.86. The summed E-state index contributed by atoms with van der Waals surface area (Å²) >= 11 is 0. The smallest absolute Gasteiger partial charge is 0.331 e. The summed E-state index contributed by atoms with van der Waals surface area (Å²) in [4.78, 5) is 12.9. The highest BCUT2D eigenvalue weighted by molar-refractivity contribution is 5.94. The number of alkyl halides is 3. The molecule has 0 aromatic heterocycles. The fraction of sp³-hybridized carbons (Fsp3) is 0.250. The Morgan fingerprint density at radius 2 is 2.12 bits per heavy atom. The Labute approximate surface area is 97.0 Å². The van der Waals surface area contributed by atoms with Gasteiger partial charge in [-0.3, -0.25) is 4.79 Å². The summed E-state index contributed by atoms with van der Waals surface area (Å²) in [5, 5.41) is 0. The van der Waals surface area contributed by atoms with E-state index < -0.39 is 17.6 Å². The van der Waals surface area contributed by atoms with Crippen LogP contribution in [0.25, 0.3) is 0 Å². The van der Waals surface area contributed by atoms with Gasteiger partial charge in [0.05, 0.1) is 12.1 Å². The third-order valence-electron chi connectivity index (χ3n) is 2.11. The zero-order valence-corrected chi connectivity index (χ0v) is 9.08. The van der Waals surface area contributed by atoms with E-state index in [0.29, 0.717) is 0 Å². The number of carbonyl (C=O) groups excluding carboxylic acids is 1. The molecule has 0 heterocycles. The number of amides is 1. The third kappa shape index (κ3) is 3.25. The molecule has 1 rings (SSSR count). The monoisotopic (exact) mass is 241 g/mol. The Morgan fingerprint density at radius 1 is 1.47 bits per heavy atom. The molecule has 0 spiro atoms. The van der Waals surface area contributed by atoms with Crippen LogP contribution in [0.5, 0.6) is 0 Å². The highest BCUT2D eigenvalue weighted by Crippen LogP contribution is 2.29. The predicted molar refractivity (Wildman–Crippen MR) is 57.2 cm³/mol. The molecule has 1 aromatic rings. The molecule has 0 radical (unpaired) electrons. The maximum absolute atomic E-state index is 12.4. The lowest BCUT2D eigenvalue weighted by molar-refractivity contribution is -0.137. The van der Waals surface area contributed by atoms with E-state index in [4.69, 9.17) is 6.42 Å². The number of halogens is 3. The molecule has 17 heavy (non-hydrogen) atoms. The number of benzene rings is 1. The van der Waals surface area contributed by atoms with Crippen molar-refractivity contribution >= 4 is 5.91 Å². The van der Waals surface area contributed by atoms with Crippen LogP contribution in [0.4, 0.5) is 13.2 Å². The highest BCUT2D eigenvalue weighted by Gasteiger charge is 2.31. The lowest BCUT2D eigenvalue weighted by atomic mass is 10.1. The SMILES string of the molecule is C#CCN(C)C(=O)c1cccc(C(F)(F)F)c1. The van der Waals surface area contributed by atoms with E-state index in [-0.39, 0.29) is 12.1 Å². The molecule has 0 aliphatic heterocycles. The summed E-state index contributed by atoms with van der Waals surface area (Å²) in [6.45, 7) is 0.0507. The van der Waals surface area contributed by atoms with Crippen LogP contribution < -0.4 is 0 Å². The summed E-state index contributed by atoms with van der Waals surface area (Å²) in [6, 6.07) is 4.25. The van der Waals surface area contributed by atoms with Crippen LogP contribution in [-0.2, 0) is 6.18 Å². The van der Waals surface area contributed by atoms with Crippen molar-refractivity contribution in [1.29, 1.82) is 0 Å². The van der Waals surface area contributed by atoms with Crippen LogP contribution in [0, 0.1) is 12.3 Å². The summed E-state index contributed by atoms with van der Waals surface area (Å²) in [7, 11) is 1.43. The second kappa shape index (κ2) is 4.91. The maximum atomic E-state index is 12.4. The average Bonchev–Trinajstić information content (AvgIpc) is 2.27. The van der Waals surface area contributed by atoms with Crippen molar-refractivity contribution in [3.63, 3.8) is 0 Å². The summed E-state index contributed by atoms with van der Waals surface area (Å²) in [5.41, 5.74) is -0.880. The predicted octanol–water partition coefficient (Wildman–Crippen LogP) is 2.41. The van der Waals surface area contributed by atoms with Gasteiger partial charge in [-0.1, -0.05) is 12.0 Å². The van der Waals surface area contributed by atoms with Crippen molar-refractivity contribution in [2.45, 2.75) is 6.18 Å². The van der Waals surface area contributed by atoms with Gasteiger partial charge in [0.15, 0.2) is 0 Å². The molecule has 0 bridgehead atoms. The zero-order chi connectivity index (χ0) is 13.1. The van der Waals surface area contributed by atoms with Crippen LogP contribution in [0.2, 0.25) is 0 Å². The minimum atomic E-state index is -4.46. The van der Waals surface area contributed by atoms with Crippen LogP contribution in [0.15, 0.2) is 24.3 Å². The van der Waals surface area contributed by atoms with E-state index in [1.54, 1.807) is 0 Å². The minimum Gasteiger partial charge on any atom is -0.331 e. The lowest BCUT2D eigenvalue weighted by Crippen LogP contribution is -2.27. The number of rotatable bonds is 2. The van der Waals surface area contributed by atoms with Crippen molar-refractivity contribution in [3.8, 4) is 12.3 Å². The molecule has 0 fully saturated rings. The van der Waals surface area contributed by atoms with Crippen LogP contribution >= 0.6 is 0 Å². The highest BCUT2D eigenvalue weighted by atomic mass is 19.4. The fourth-order valence-electron chi connectivity index (χ4n) is 1.26. The normalized spacial score (nSPS) is 10.8. The Kier molecular flexibility index (Phi) is 3.79. The van der Waals surface area contributed by atoms with Gasteiger partial charge in [-0.2, -0.15) is 13.2 Å². The van der Waals surface area contributed by atoms with E-state index in [1.165, 1.54) is 24.1 Å².